The SMILES string of the molecule is COc1cccc(F)c1-c1nccc(C(=O)Cc2ccc3c(nc(-c4ccncc4F)n3C)c2N2C[C@@H]3C[C@H]2CO3)n1. The lowest BCUT2D eigenvalue weighted by atomic mass is 10.0. The van der Waals surface area contributed by atoms with Crippen LogP contribution in [0.2, 0.25) is 0 Å². The van der Waals surface area contributed by atoms with E-state index in [-0.39, 0.29) is 47.2 Å². The number of ketones is 1. The third-order valence-electron chi connectivity index (χ3n) is 8.02. The van der Waals surface area contributed by atoms with Gasteiger partial charge in [0, 0.05) is 32.4 Å². The van der Waals surface area contributed by atoms with E-state index in [0.29, 0.717) is 30.1 Å². The van der Waals surface area contributed by atoms with E-state index < -0.39 is 11.6 Å². The molecule has 0 N–H and O–H groups in total. The van der Waals surface area contributed by atoms with Gasteiger partial charge in [0.2, 0.25) is 0 Å². The highest BCUT2D eigenvalue weighted by molar-refractivity contribution is 6.00. The zero-order valence-corrected chi connectivity index (χ0v) is 22.9. The summed E-state index contributed by atoms with van der Waals surface area (Å²) in [4.78, 5) is 33.4. The zero-order valence-electron chi connectivity index (χ0n) is 22.9. The molecule has 5 aromatic rings. The molecule has 2 aliphatic heterocycles. The summed E-state index contributed by atoms with van der Waals surface area (Å²) in [7, 11) is 3.28. The van der Waals surface area contributed by atoms with Gasteiger partial charge in [-0.25, -0.2) is 23.7 Å². The molecule has 42 heavy (non-hydrogen) atoms. The molecule has 0 aliphatic carbocycles. The van der Waals surface area contributed by atoms with Crippen molar-refractivity contribution in [1.29, 1.82) is 0 Å². The van der Waals surface area contributed by atoms with Crippen molar-refractivity contribution in [2.75, 3.05) is 25.2 Å². The first-order valence-electron chi connectivity index (χ1n) is 13.6. The molecule has 2 fully saturated rings. The molecule has 7 rings (SSSR count). The van der Waals surface area contributed by atoms with Crippen molar-refractivity contribution in [2.45, 2.75) is 25.0 Å². The van der Waals surface area contributed by atoms with Crippen LogP contribution in [0.4, 0.5) is 14.5 Å². The van der Waals surface area contributed by atoms with E-state index in [9.17, 15) is 13.6 Å². The number of hydrogen-bond acceptors (Lipinski definition) is 8. The second-order valence-corrected chi connectivity index (χ2v) is 10.5. The Morgan fingerprint density at radius 3 is 2.74 bits per heavy atom. The molecule has 11 heteroatoms. The van der Waals surface area contributed by atoms with E-state index in [2.05, 4.69) is 19.9 Å². The lowest BCUT2D eigenvalue weighted by Gasteiger charge is -2.31. The van der Waals surface area contributed by atoms with E-state index >= 15 is 0 Å². The number of ether oxygens (including phenoxy) is 2. The Morgan fingerprint density at radius 1 is 1.10 bits per heavy atom. The predicted molar refractivity (Wildman–Crippen MR) is 151 cm³/mol. The number of aromatic nitrogens is 5. The average molecular weight is 569 g/mol. The van der Waals surface area contributed by atoms with E-state index in [1.165, 1.54) is 43.9 Å². The van der Waals surface area contributed by atoms with E-state index in [4.69, 9.17) is 14.5 Å². The van der Waals surface area contributed by atoms with Gasteiger partial charge in [0.05, 0.1) is 54.4 Å². The molecule has 212 valence electrons. The number of hydrogen-bond donors (Lipinski definition) is 0. The Labute approximate surface area is 239 Å². The summed E-state index contributed by atoms with van der Waals surface area (Å²) in [6.07, 6.45) is 5.17. The van der Waals surface area contributed by atoms with Gasteiger partial charge in [0.25, 0.3) is 0 Å². The number of aryl methyl sites for hydroxylation is 1. The Bertz CT molecular complexity index is 1860. The summed E-state index contributed by atoms with van der Waals surface area (Å²) in [6.45, 7) is 1.26. The number of pyridine rings is 1. The fourth-order valence-electron chi connectivity index (χ4n) is 6.01. The van der Waals surface area contributed by atoms with Gasteiger partial charge in [0.15, 0.2) is 17.4 Å². The zero-order chi connectivity index (χ0) is 29.0. The molecular formula is C31H26F2N6O3. The lowest BCUT2D eigenvalue weighted by Crippen LogP contribution is -2.37. The average Bonchev–Trinajstić information content (AvgIpc) is 3.72. The highest BCUT2D eigenvalue weighted by Gasteiger charge is 2.41. The molecule has 0 radical (unpaired) electrons. The van der Waals surface area contributed by atoms with Gasteiger partial charge < -0.3 is 18.9 Å². The van der Waals surface area contributed by atoms with Crippen molar-refractivity contribution in [3.05, 3.63) is 83.9 Å². The molecule has 2 aromatic carbocycles. The van der Waals surface area contributed by atoms with Crippen molar-refractivity contribution in [2.24, 2.45) is 7.05 Å². The van der Waals surface area contributed by atoms with Crippen LogP contribution < -0.4 is 9.64 Å². The molecule has 0 spiro atoms. The van der Waals surface area contributed by atoms with Crippen molar-refractivity contribution in [3.8, 4) is 28.5 Å². The van der Waals surface area contributed by atoms with Crippen LogP contribution >= 0.6 is 0 Å². The van der Waals surface area contributed by atoms with Crippen LogP contribution in [0, 0.1) is 11.6 Å². The standard InChI is InChI=1S/C31H26F2N6O3/c1-38-24-7-6-17(12-25(40)23-9-11-35-30(36-23)27-21(32)4-3-5-26(27)41-2)29(39-15-19-13-18(39)16-42-19)28(24)37-31(38)20-8-10-34-14-22(20)33/h3-11,14,18-19H,12-13,15-16H2,1-2H3/t18-,19-/m0/s1. The summed E-state index contributed by atoms with van der Waals surface area (Å²) < 4.78 is 42.5. The van der Waals surface area contributed by atoms with Crippen molar-refractivity contribution in [3.63, 3.8) is 0 Å². The molecule has 2 atom stereocenters. The summed E-state index contributed by atoms with van der Waals surface area (Å²) >= 11 is 0. The number of Topliss-reactive ketones (excluding diaryl/α,β-unsaturated/α-hetero) is 1. The Morgan fingerprint density at radius 2 is 1.98 bits per heavy atom. The fraction of sp³-hybridized carbons (Fsp3) is 0.258. The first-order valence-corrected chi connectivity index (χ1v) is 13.6. The van der Waals surface area contributed by atoms with Crippen LogP contribution in [0.5, 0.6) is 5.75 Å². The third-order valence-corrected chi connectivity index (χ3v) is 8.02. The molecule has 0 unspecified atom stereocenters. The van der Waals surface area contributed by atoms with E-state index in [0.717, 1.165) is 23.2 Å². The van der Waals surface area contributed by atoms with Gasteiger partial charge in [-0.05, 0) is 42.3 Å². The molecule has 0 amide bonds. The van der Waals surface area contributed by atoms with Gasteiger partial charge in [-0.15, -0.1) is 0 Å². The van der Waals surface area contributed by atoms with E-state index in [1.807, 2.05) is 23.7 Å². The number of rotatable bonds is 7. The molecule has 2 bridgehead atoms. The number of methoxy groups -OCH3 is 1. The molecule has 9 nitrogen and oxygen atoms in total. The normalized spacial score (nSPS) is 17.8. The van der Waals surface area contributed by atoms with Crippen LogP contribution in [0.15, 0.2) is 61.1 Å². The van der Waals surface area contributed by atoms with Crippen molar-refractivity contribution >= 4 is 22.5 Å². The second kappa shape index (κ2) is 10.3. The predicted octanol–water partition coefficient (Wildman–Crippen LogP) is 4.78. The smallest absolute Gasteiger partial charge is 0.185 e. The number of carbonyl (C=O) groups is 1. The number of anilines is 1. The summed E-state index contributed by atoms with van der Waals surface area (Å²) in [6, 6.07) is 11.5. The van der Waals surface area contributed by atoms with Gasteiger partial charge in [-0.3, -0.25) is 9.78 Å². The van der Waals surface area contributed by atoms with E-state index in [1.54, 1.807) is 12.1 Å². The quantitative estimate of drug-likeness (QED) is 0.259. The Hall–Kier alpha value is -4.77. The summed E-state index contributed by atoms with van der Waals surface area (Å²) in [5, 5.41) is 0. The lowest BCUT2D eigenvalue weighted by molar-refractivity contribution is 0.0984. The summed E-state index contributed by atoms with van der Waals surface area (Å²) in [5.74, 6) is -0.465. The van der Waals surface area contributed by atoms with Gasteiger partial charge in [0.1, 0.15) is 28.6 Å². The first-order chi connectivity index (χ1) is 20.4. The first kappa shape index (κ1) is 26.1. The van der Waals surface area contributed by atoms with Crippen LogP contribution in [0.3, 0.4) is 0 Å². The largest absolute Gasteiger partial charge is 0.496 e. The maximum atomic E-state index is 14.7. The number of halogens is 2. The molecule has 2 aliphatic rings. The molecule has 3 aromatic heterocycles. The van der Waals surface area contributed by atoms with Crippen molar-refractivity contribution in [1.82, 2.24) is 24.5 Å². The molecule has 5 heterocycles. The Balaban J connectivity index is 1.31. The minimum atomic E-state index is -0.547. The molecular weight excluding hydrogens is 542 g/mol. The molecule has 0 saturated carbocycles. The number of carbonyl (C=O) groups excluding carboxylic acids is 1. The Kier molecular flexibility index (Phi) is 6.38. The van der Waals surface area contributed by atoms with Crippen LogP contribution in [0.25, 0.3) is 33.8 Å². The highest BCUT2D eigenvalue weighted by atomic mass is 19.1. The number of fused-ring (bicyclic) bond motifs is 3. The third kappa shape index (κ3) is 4.28. The highest BCUT2D eigenvalue weighted by Crippen LogP contribution is 2.40. The fourth-order valence-corrected chi connectivity index (χ4v) is 6.01. The number of imidazole rings is 1. The monoisotopic (exact) mass is 568 g/mol. The number of benzene rings is 2. The minimum Gasteiger partial charge on any atom is -0.496 e. The second-order valence-electron chi connectivity index (χ2n) is 10.5. The van der Waals surface area contributed by atoms with Crippen LogP contribution in [0.1, 0.15) is 22.5 Å². The topological polar surface area (TPSA) is 95.3 Å². The van der Waals surface area contributed by atoms with Crippen LogP contribution in [-0.2, 0) is 18.2 Å². The number of morpholine rings is 1. The van der Waals surface area contributed by atoms with Gasteiger partial charge in [-0.2, -0.15) is 0 Å². The number of nitrogens with zero attached hydrogens (tertiary/aromatic N) is 6. The summed E-state index contributed by atoms with van der Waals surface area (Å²) in [5.41, 5.74) is 3.68. The maximum Gasteiger partial charge on any atom is 0.185 e. The molecule has 2 saturated heterocycles. The van der Waals surface area contributed by atoms with Gasteiger partial charge >= 0.3 is 0 Å². The maximum absolute atomic E-state index is 14.7. The van der Waals surface area contributed by atoms with Crippen LogP contribution in [-0.4, -0.2) is 62.7 Å². The van der Waals surface area contributed by atoms with Gasteiger partial charge in [-0.1, -0.05) is 12.1 Å². The minimum absolute atomic E-state index is 0.0282. The van der Waals surface area contributed by atoms with Crippen molar-refractivity contribution < 1.29 is 23.0 Å².